The van der Waals surface area contributed by atoms with Crippen LogP contribution in [0.15, 0.2) is 6.07 Å². The summed E-state index contributed by atoms with van der Waals surface area (Å²) in [5.41, 5.74) is -0.829. The molecule has 1 fully saturated rings. The van der Waals surface area contributed by atoms with Crippen LogP contribution in [0.1, 0.15) is 29.6 Å². The Morgan fingerprint density at radius 2 is 1.86 bits per heavy atom. The van der Waals surface area contributed by atoms with Crippen molar-refractivity contribution >= 4 is 11.9 Å². The lowest BCUT2D eigenvalue weighted by Crippen LogP contribution is -2.34. The fourth-order valence-corrected chi connectivity index (χ4v) is 2.36. The highest BCUT2D eigenvalue weighted by molar-refractivity contribution is 5.95. The first-order chi connectivity index (χ1) is 9.81. The number of carbonyl (C=O) groups is 2. The number of phenols is 1. The smallest absolute Gasteiger partial charge is 0.306 e. The van der Waals surface area contributed by atoms with Crippen LogP contribution in [-0.2, 0) is 4.79 Å². The average molecular weight is 303 g/mol. The molecule has 21 heavy (non-hydrogen) atoms. The van der Waals surface area contributed by atoms with Crippen LogP contribution in [0.4, 0.5) is 13.2 Å². The van der Waals surface area contributed by atoms with Gasteiger partial charge in [0.2, 0.25) is 5.82 Å². The fourth-order valence-electron chi connectivity index (χ4n) is 2.36. The van der Waals surface area contributed by atoms with Crippen molar-refractivity contribution in [2.45, 2.75) is 25.3 Å². The molecule has 114 valence electrons. The second-order valence-electron chi connectivity index (χ2n) is 4.90. The molecule has 0 heterocycles. The maximum absolute atomic E-state index is 13.6. The minimum absolute atomic E-state index is 0.179. The number of hydrogen-bond acceptors (Lipinski definition) is 3. The molecule has 0 unspecified atom stereocenters. The molecule has 1 aromatic carbocycles. The van der Waals surface area contributed by atoms with E-state index >= 15 is 0 Å². The largest absolute Gasteiger partial charge is 0.503 e. The predicted octanol–water partition coefficient (Wildman–Crippen LogP) is 1.79. The molecule has 3 N–H and O–H groups in total. The van der Waals surface area contributed by atoms with E-state index < -0.39 is 52.6 Å². The Kier molecular flexibility index (Phi) is 4.06. The van der Waals surface area contributed by atoms with Crippen molar-refractivity contribution in [3.8, 4) is 5.75 Å². The number of carbonyl (C=O) groups excluding carboxylic acids is 1. The molecule has 2 rings (SSSR count). The Morgan fingerprint density at radius 3 is 2.43 bits per heavy atom. The van der Waals surface area contributed by atoms with Gasteiger partial charge in [-0.2, -0.15) is 4.39 Å². The highest BCUT2D eigenvalue weighted by Crippen LogP contribution is 2.28. The highest BCUT2D eigenvalue weighted by atomic mass is 19.2. The van der Waals surface area contributed by atoms with Gasteiger partial charge >= 0.3 is 5.97 Å². The number of aromatic hydroxyl groups is 1. The van der Waals surface area contributed by atoms with Gasteiger partial charge < -0.3 is 15.5 Å². The number of benzene rings is 1. The molecule has 0 aliphatic heterocycles. The molecule has 1 aliphatic rings. The first-order valence-corrected chi connectivity index (χ1v) is 6.21. The van der Waals surface area contributed by atoms with Crippen LogP contribution < -0.4 is 5.32 Å². The summed E-state index contributed by atoms with van der Waals surface area (Å²) in [5, 5.41) is 20.2. The molecule has 0 bridgehead atoms. The van der Waals surface area contributed by atoms with E-state index in [1.165, 1.54) is 0 Å². The van der Waals surface area contributed by atoms with Crippen LogP contribution in [0.3, 0.4) is 0 Å². The number of carboxylic acid groups (broad SMARTS) is 1. The summed E-state index contributed by atoms with van der Waals surface area (Å²) >= 11 is 0. The number of halogens is 3. The molecule has 1 aliphatic carbocycles. The molecule has 8 heteroatoms. The van der Waals surface area contributed by atoms with Crippen molar-refractivity contribution in [3.05, 3.63) is 29.1 Å². The van der Waals surface area contributed by atoms with Crippen LogP contribution in [0.25, 0.3) is 0 Å². The maximum Gasteiger partial charge on any atom is 0.306 e. The fraction of sp³-hybridized carbons (Fsp3) is 0.385. The molecule has 0 saturated heterocycles. The molecular formula is C13H12F3NO4. The van der Waals surface area contributed by atoms with E-state index in [1.807, 2.05) is 0 Å². The van der Waals surface area contributed by atoms with Gasteiger partial charge in [-0.3, -0.25) is 9.59 Å². The first kappa shape index (κ1) is 15.1. The SMILES string of the molecule is O=C(N[C@H]1CC[C@@H](C(=O)O)C1)c1cc(F)c(F)c(O)c1F. The summed E-state index contributed by atoms with van der Waals surface area (Å²) in [6.45, 7) is 0. The summed E-state index contributed by atoms with van der Waals surface area (Å²) in [6.07, 6.45) is 0.935. The van der Waals surface area contributed by atoms with E-state index in [0.29, 0.717) is 18.9 Å². The van der Waals surface area contributed by atoms with Crippen molar-refractivity contribution in [2.24, 2.45) is 5.92 Å². The molecule has 1 amide bonds. The summed E-state index contributed by atoms with van der Waals surface area (Å²) in [6, 6.07) is -0.142. The third-order valence-corrected chi connectivity index (χ3v) is 3.49. The van der Waals surface area contributed by atoms with Gasteiger partial charge in [0.1, 0.15) is 0 Å². The van der Waals surface area contributed by atoms with Gasteiger partial charge in [-0.05, 0) is 25.3 Å². The second kappa shape index (κ2) is 5.63. The van der Waals surface area contributed by atoms with Crippen LogP contribution in [0.5, 0.6) is 5.75 Å². The number of amides is 1. The normalized spacial score (nSPS) is 21.3. The van der Waals surface area contributed by atoms with Gasteiger partial charge in [0.25, 0.3) is 5.91 Å². The summed E-state index contributed by atoms with van der Waals surface area (Å²) in [5.74, 6) is -9.04. The van der Waals surface area contributed by atoms with Crippen molar-refractivity contribution in [1.29, 1.82) is 0 Å². The average Bonchev–Trinajstić information content (AvgIpc) is 2.89. The Bertz CT molecular complexity index is 606. The van der Waals surface area contributed by atoms with Crippen molar-refractivity contribution in [2.75, 3.05) is 0 Å². The van der Waals surface area contributed by atoms with E-state index in [-0.39, 0.29) is 6.42 Å². The number of rotatable bonds is 3. The zero-order chi connectivity index (χ0) is 15.7. The molecule has 0 radical (unpaired) electrons. The lowest BCUT2D eigenvalue weighted by Gasteiger charge is -2.13. The third-order valence-electron chi connectivity index (χ3n) is 3.49. The molecular weight excluding hydrogens is 291 g/mol. The van der Waals surface area contributed by atoms with Crippen LogP contribution in [0.2, 0.25) is 0 Å². The van der Waals surface area contributed by atoms with E-state index in [2.05, 4.69) is 5.32 Å². The molecule has 0 aromatic heterocycles. The summed E-state index contributed by atoms with van der Waals surface area (Å²) in [4.78, 5) is 22.6. The predicted molar refractivity (Wildman–Crippen MR) is 64.2 cm³/mol. The zero-order valence-corrected chi connectivity index (χ0v) is 10.7. The standard InChI is InChI=1S/C13H12F3NO4/c14-8-4-7(9(15)11(18)10(8)16)12(19)17-6-2-1-5(3-6)13(20)21/h4-6,18H,1-3H2,(H,17,19)(H,20,21)/t5-,6+/m1/s1. The minimum atomic E-state index is -1.77. The van der Waals surface area contributed by atoms with Crippen molar-refractivity contribution < 1.29 is 33.0 Å². The van der Waals surface area contributed by atoms with Crippen LogP contribution in [-0.4, -0.2) is 28.1 Å². The van der Waals surface area contributed by atoms with E-state index in [4.69, 9.17) is 10.2 Å². The minimum Gasteiger partial charge on any atom is -0.503 e. The molecule has 2 atom stereocenters. The monoisotopic (exact) mass is 303 g/mol. The quantitative estimate of drug-likeness (QED) is 0.743. The van der Waals surface area contributed by atoms with Crippen molar-refractivity contribution in [1.82, 2.24) is 5.32 Å². The van der Waals surface area contributed by atoms with Crippen molar-refractivity contribution in [3.63, 3.8) is 0 Å². The number of nitrogens with one attached hydrogen (secondary N) is 1. The third kappa shape index (κ3) is 2.93. The Hall–Kier alpha value is -2.25. The summed E-state index contributed by atoms with van der Waals surface area (Å²) in [7, 11) is 0. The maximum atomic E-state index is 13.6. The van der Waals surface area contributed by atoms with E-state index in [0.717, 1.165) is 0 Å². The van der Waals surface area contributed by atoms with Gasteiger partial charge in [0.15, 0.2) is 17.4 Å². The highest BCUT2D eigenvalue weighted by Gasteiger charge is 2.31. The van der Waals surface area contributed by atoms with Gasteiger partial charge in [-0.1, -0.05) is 0 Å². The molecule has 0 spiro atoms. The van der Waals surface area contributed by atoms with E-state index in [9.17, 15) is 22.8 Å². The van der Waals surface area contributed by atoms with Gasteiger partial charge in [-0.15, -0.1) is 0 Å². The number of carboxylic acids is 1. The Labute approximate surface area is 117 Å². The number of hydrogen-bond donors (Lipinski definition) is 3. The van der Waals surface area contributed by atoms with Gasteiger partial charge in [0, 0.05) is 6.04 Å². The first-order valence-electron chi connectivity index (χ1n) is 6.21. The Morgan fingerprint density at radius 1 is 1.19 bits per heavy atom. The van der Waals surface area contributed by atoms with Gasteiger partial charge in [-0.25, -0.2) is 8.78 Å². The number of phenolic OH excluding ortho intramolecular Hbond substituents is 1. The Balaban J connectivity index is 2.13. The lowest BCUT2D eigenvalue weighted by molar-refractivity contribution is -0.141. The molecule has 5 nitrogen and oxygen atoms in total. The summed E-state index contributed by atoms with van der Waals surface area (Å²) < 4.78 is 39.6. The lowest BCUT2D eigenvalue weighted by atomic mass is 10.1. The molecule has 1 saturated carbocycles. The number of aliphatic carboxylic acids is 1. The second-order valence-corrected chi connectivity index (χ2v) is 4.90. The van der Waals surface area contributed by atoms with Crippen LogP contribution in [0, 0.1) is 23.4 Å². The molecule has 1 aromatic rings. The van der Waals surface area contributed by atoms with E-state index in [1.54, 1.807) is 0 Å². The van der Waals surface area contributed by atoms with Crippen LogP contribution >= 0.6 is 0 Å². The topological polar surface area (TPSA) is 86.6 Å². The zero-order valence-electron chi connectivity index (χ0n) is 10.7. The van der Waals surface area contributed by atoms with Gasteiger partial charge in [0.05, 0.1) is 11.5 Å².